The third kappa shape index (κ3) is 9.63. The van der Waals surface area contributed by atoms with E-state index < -0.39 is 105 Å². The molecule has 1 N–H and O–H groups in total. The van der Waals surface area contributed by atoms with Crippen LogP contribution in [-0.2, 0) is 33.9 Å². The summed E-state index contributed by atoms with van der Waals surface area (Å²) in [6, 6.07) is 3.70. The molecule has 1 aromatic carbocycles. The number of carbonyl (C=O) groups excluding carboxylic acids is 4. The lowest BCUT2D eigenvalue weighted by Crippen LogP contribution is -2.49. The summed E-state index contributed by atoms with van der Waals surface area (Å²) >= 11 is 13.4. The zero-order valence-corrected chi connectivity index (χ0v) is 36.9. The van der Waals surface area contributed by atoms with Gasteiger partial charge in [-0.25, -0.2) is 17.8 Å². The van der Waals surface area contributed by atoms with Gasteiger partial charge in [0.1, 0.15) is 23.3 Å². The molecule has 6 rings (SSSR count). The van der Waals surface area contributed by atoms with Crippen LogP contribution in [0.1, 0.15) is 92.4 Å². The van der Waals surface area contributed by atoms with Gasteiger partial charge in [0.15, 0.2) is 16.7 Å². The molecule has 61 heavy (non-hydrogen) atoms. The summed E-state index contributed by atoms with van der Waals surface area (Å²) in [4.78, 5) is 62.4. The Morgan fingerprint density at radius 3 is 2.44 bits per heavy atom. The van der Waals surface area contributed by atoms with Crippen LogP contribution >= 0.6 is 23.2 Å². The molecule has 0 unspecified atom stereocenters. The number of pyridine rings is 1. The summed E-state index contributed by atoms with van der Waals surface area (Å²) in [5.74, 6) is -5.53. The molecule has 2 saturated carbocycles. The molecule has 0 radical (unpaired) electrons. The molecular formula is C42H51Cl2F4N3O9S. The fraction of sp³-hybridized carbons (Fsp3) is 0.643. The van der Waals surface area contributed by atoms with Crippen LogP contribution in [0.5, 0.6) is 11.5 Å². The highest BCUT2D eigenvalue weighted by molar-refractivity contribution is 7.91. The molecule has 0 bridgehead atoms. The van der Waals surface area contributed by atoms with E-state index in [1.165, 1.54) is 4.90 Å². The Balaban J connectivity index is 1.37. The Morgan fingerprint density at radius 2 is 1.80 bits per heavy atom. The smallest absolute Gasteiger partial charge is 0.427 e. The van der Waals surface area contributed by atoms with Gasteiger partial charge in [-0.3, -0.25) is 23.9 Å². The summed E-state index contributed by atoms with van der Waals surface area (Å²) in [5, 5.41) is 0.387. The molecule has 19 heteroatoms. The third-order valence-corrected chi connectivity index (χ3v) is 15.4. The van der Waals surface area contributed by atoms with Crippen molar-refractivity contribution in [2.45, 2.75) is 121 Å². The molecule has 336 valence electrons. The molecule has 7 atom stereocenters. The van der Waals surface area contributed by atoms with Crippen LogP contribution in [0.2, 0.25) is 10.2 Å². The molecule has 2 amide bonds. The van der Waals surface area contributed by atoms with Gasteiger partial charge in [0.25, 0.3) is 0 Å². The van der Waals surface area contributed by atoms with Crippen molar-refractivity contribution in [1.29, 1.82) is 0 Å². The lowest BCUT2D eigenvalue weighted by molar-refractivity contribution is -0.257. The Morgan fingerprint density at radius 1 is 1.10 bits per heavy atom. The van der Waals surface area contributed by atoms with Gasteiger partial charge in [-0.1, -0.05) is 49.2 Å². The number of hydrogen-bond donors (Lipinski definition) is 1. The van der Waals surface area contributed by atoms with Crippen LogP contribution in [0.4, 0.5) is 17.6 Å². The predicted octanol–water partition coefficient (Wildman–Crippen LogP) is 8.10. The van der Waals surface area contributed by atoms with Crippen LogP contribution in [0.3, 0.4) is 0 Å². The van der Waals surface area contributed by atoms with E-state index >= 15 is 0 Å². The van der Waals surface area contributed by atoms with Crippen molar-refractivity contribution in [2.24, 2.45) is 29.1 Å². The highest BCUT2D eigenvalue weighted by Gasteiger charge is 2.63. The average molecular weight is 921 g/mol. The number of aromatic nitrogens is 1. The van der Waals surface area contributed by atoms with Gasteiger partial charge >= 0.3 is 12.1 Å². The zero-order valence-electron chi connectivity index (χ0n) is 34.6. The fourth-order valence-corrected chi connectivity index (χ4v) is 10.5. The first-order chi connectivity index (χ1) is 28.5. The minimum Gasteiger partial charge on any atom is -0.494 e. The minimum atomic E-state index is -4.91. The lowest BCUT2D eigenvalue weighted by Gasteiger charge is -2.33. The van der Waals surface area contributed by atoms with Gasteiger partial charge in [-0.2, -0.15) is 13.2 Å². The van der Waals surface area contributed by atoms with Crippen LogP contribution in [0, 0.1) is 29.1 Å². The number of nitrogens with one attached hydrogen (secondary N) is 1. The van der Waals surface area contributed by atoms with Crippen molar-refractivity contribution in [3.8, 4) is 11.5 Å². The molecule has 12 nitrogen and oxygen atoms in total. The number of esters is 1. The number of ketones is 1. The third-order valence-electron chi connectivity index (χ3n) is 12.7. The highest BCUT2D eigenvalue weighted by Crippen LogP contribution is 2.58. The number of nitrogens with zero attached hydrogens (tertiary/aromatic N) is 2. The number of benzene rings is 1. The maximum absolute atomic E-state index is 14.9. The van der Waals surface area contributed by atoms with E-state index in [0.717, 1.165) is 0 Å². The second-order valence-corrected chi connectivity index (χ2v) is 20.4. The number of halogens is 6. The Kier molecular flexibility index (Phi) is 13.4. The van der Waals surface area contributed by atoms with E-state index in [1.54, 1.807) is 31.2 Å². The van der Waals surface area contributed by atoms with Crippen LogP contribution in [0.25, 0.3) is 10.9 Å². The second kappa shape index (κ2) is 17.5. The maximum atomic E-state index is 14.9. The number of sulfonamides is 1. The Bertz CT molecular complexity index is 2200. The summed E-state index contributed by atoms with van der Waals surface area (Å²) in [6.45, 7) is 5.80. The van der Waals surface area contributed by atoms with Gasteiger partial charge in [0.05, 0.1) is 47.5 Å². The molecule has 3 fully saturated rings. The number of hydrogen-bond acceptors (Lipinski definition) is 10. The normalized spacial score (nSPS) is 28.8. The van der Waals surface area contributed by atoms with Crippen molar-refractivity contribution in [1.82, 2.24) is 14.6 Å². The van der Waals surface area contributed by atoms with E-state index in [1.807, 2.05) is 19.9 Å². The Labute approximate surface area is 362 Å². The average Bonchev–Trinajstić information content (AvgIpc) is 4.08. The molecule has 1 saturated heterocycles. The summed E-state index contributed by atoms with van der Waals surface area (Å²) in [5.41, 5.74) is -3.97. The minimum absolute atomic E-state index is 0.0371. The van der Waals surface area contributed by atoms with E-state index in [-0.39, 0.29) is 54.1 Å². The van der Waals surface area contributed by atoms with Crippen LogP contribution in [0.15, 0.2) is 30.4 Å². The van der Waals surface area contributed by atoms with E-state index in [0.29, 0.717) is 56.4 Å². The number of carbonyl (C=O) groups is 4. The SMILES string of the molecule is CCOc1ccc2nc(Cl)c(O[C@@H]3C[C@H]4C(=O)C[C@]5(C(=O)NS(=O)(=O)C6(CF)CC6)C[C@H]5/C=C\CC[C@@H](C)C[C@@H](C)[C@H](CC(=O)OC(C)(C)C(F)(F)F)C(=O)N4C3)c(Cl)c2c1. The topological polar surface area (TPSA) is 158 Å². The summed E-state index contributed by atoms with van der Waals surface area (Å²) in [6.07, 6.45) is -1.99. The number of Topliss-reactive ketones (excluding diaryl/α,β-unsaturated/α-hetero) is 1. The van der Waals surface area contributed by atoms with Crippen LogP contribution < -0.4 is 14.2 Å². The largest absolute Gasteiger partial charge is 0.494 e. The lowest BCUT2D eigenvalue weighted by atomic mass is 9.82. The van der Waals surface area contributed by atoms with Gasteiger partial charge in [-0.05, 0) is 95.2 Å². The fourth-order valence-electron chi connectivity index (χ4n) is 8.48. The first-order valence-corrected chi connectivity index (χ1v) is 22.7. The van der Waals surface area contributed by atoms with Crippen molar-refractivity contribution in [3.63, 3.8) is 0 Å². The number of rotatable bonds is 11. The van der Waals surface area contributed by atoms with Crippen molar-refractivity contribution >= 4 is 67.7 Å². The van der Waals surface area contributed by atoms with Crippen molar-refractivity contribution in [3.05, 3.63) is 40.5 Å². The molecule has 2 aliphatic carbocycles. The quantitative estimate of drug-likeness (QED) is 0.101. The molecule has 4 aliphatic rings. The van der Waals surface area contributed by atoms with E-state index in [4.69, 9.17) is 37.4 Å². The molecule has 2 aromatic rings. The highest BCUT2D eigenvalue weighted by atomic mass is 35.5. The molecule has 3 heterocycles. The number of fused-ring (bicyclic) bond motifs is 3. The van der Waals surface area contributed by atoms with Gasteiger partial charge in [0, 0.05) is 18.2 Å². The number of allylic oxidation sites excluding steroid dienone is 2. The zero-order chi connectivity index (χ0) is 44.9. The van der Waals surface area contributed by atoms with Gasteiger partial charge in [0.2, 0.25) is 27.4 Å². The van der Waals surface area contributed by atoms with Crippen molar-refractivity contribution in [2.75, 3.05) is 19.8 Å². The number of alkyl halides is 4. The predicted molar refractivity (Wildman–Crippen MR) is 218 cm³/mol. The first-order valence-electron chi connectivity index (χ1n) is 20.5. The van der Waals surface area contributed by atoms with Gasteiger partial charge in [-0.15, -0.1) is 0 Å². The monoisotopic (exact) mass is 919 g/mol. The molecule has 1 aromatic heterocycles. The summed E-state index contributed by atoms with van der Waals surface area (Å²) < 4.78 is 99.0. The molecule has 2 aliphatic heterocycles. The van der Waals surface area contributed by atoms with Crippen molar-refractivity contribution < 1.29 is 59.4 Å². The van der Waals surface area contributed by atoms with Crippen LogP contribution in [-0.4, -0.2) is 90.4 Å². The van der Waals surface area contributed by atoms with E-state index in [9.17, 15) is 45.2 Å². The summed E-state index contributed by atoms with van der Waals surface area (Å²) in [7, 11) is -4.44. The number of amides is 2. The van der Waals surface area contributed by atoms with E-state index in [2.05, 4.69) is 9.71 Å². The Hall–Kier alpha value is -3.70. The second-order valence-electron chi connectivity index (χ2n) is 17.6. The first kappa shape index (κ1) is 46.8. The standard InChI is InChI=1S/C42H51Cl2F4N3O9S/c1-6-58-26-11-12-30-29(16-26)34(43)35(36(44)49-30)59-27-17-31-32(52)20-41(38(55)50-61(56,57)40(22-45)13-14-40)19-25(41)10-8-7-9-23(2)15-24(3)28(37(54)51(31)21-27)18-33(53)60-39(4,5)42(46,47)48/h8,10-12,16,23-25,27-28,31H,6-7,9,13-15,17-22H2,1-5H3,(H,50,55)/b10-8-/t23-,24-,25-,27-,28+,31+,41-/m1/s1. The number of ether oxygens (including phenoxy) is 3. The maximum Gasteiger partial charge on any atom is 0.427 e. The molecular weight excluding hydrogens is 869 g/mol. The molecule has 0 spiro atoms. The van der Waals surface area contributed by atoms with Gasteiger partial charge < -0.3 is 19.1 Å².